The van der Waals surface area contributed by atoms with Gasteiger partial charge < -0.3 is 9.84 Å². The van der Waals surface area contributed by atoms with Gasteiger partial charge >= 0.3 is 0 Å². The highest BCUT2D eigenvalue weighted by atomic mass is 16.5. The molecule has 1 saturated heterocycles. The maximum atomic E-state index is 10.5. The summed E-state index contributed by atoms with van der Waals surface area (Å²) in [5.41, 5.74) is 0.993. The molecule has 25 heavy (non-hydrogen) atoms. The van der Waals surface area contributed by atoms with E-state index in [2.05, 4.69) is 31.5 Å². The molecule has 1 heterocycles. The van der Waals surface area contributed by atoms with E-state index in [-0.39, 0.29) is 12.0 Å². The molecule has 0 aromatic carbocycles. The summed E-state index contributed by atoms with van der Waals surface area (Å²) in [4.78, 5) is 0. The molecule has 1 N–H and O–H groups in total. The molecular weight excluding hydrogens is 312 g/mol. The molecule has 0 unspecified atom stereocenters. The van der Waals surface area contributed by atoms with Crippen LogP contribution in [0, 0.1) is 17.3 Å². The molecule has 1 saturated carbocycles. The number of hydrogen-bond donors (Lipinski definition) is 1. The monoisotopic (exact) mass is 350 g/mol. The zero-order chi connectivity index (χ0) is 18.3. The van der Waals surface area contributed by atoms with E-state index >= 15 is 0 Å². The van der Waals surface area contributed by atoms with Crippen LogP contribution in [0.1, 0.15) is 65.2 Å². The molecule has 2 fully saturated rings. The topological polar surface area (TPSA) is 45.1 Å². The number of aliphatic hydroxyl groups is 1. The summed E-state index contributed by atoms with van der Waals surface area (Å²) in [5.74, 6) is 0.981. The Hall–Kier alpha value is -0.870. The van der Waals surface area contributed by atoms with E-state index in [4.69, 9.17) is 9.84 Å². The van der Waals surface area contributed by atoms with Crippen LogP contribution in [0.3, 0.4) is 0 Å². The van der Waals surface area contributed by atoms with Crippen molar-refractivity contribution in [1.82, 2.24) is 5.01 Å². The Morgan fingerprint density at radius 1 is 1.36 bits per heavy atom. The van der Waals surface area contributed by atoms with Crippen LogP contribution in [0.5, 0.6) is 0 Å². The molecule has 3 atom stereocenters. The largest absolute Gasteiger partial charge is 0.395 e. The highest BCUT2D eigenvalue weighted by Gasteiger charge is 2.43. The first-order chi connectivity index (χ1) is 12.1. The van der Waals surface area contributed by atoms with Gasteiger partial charge in [-0.05, 0) is 50.4 Å². The average Bonchev–Trinajstić information content (AvgIpc) is 3.04. The first kappa shape index (κ1) is 20.4. The minimum absolute atomic E-state index is 0.184. The molecule has 0 amide bonds. The quantitative estimate of drug-likeness (QED) is 0.633. The molecule has 1 aliphatic carbocycles. The fraction of sp³-hybridized carbons (Fsp3) is 0.857. The Morgan fingerprint density at radius 2 is 2.16 bits per heavy atom. The van der Waals surface area contributed by atoms with Crippen LogP contribution in [0.25, 0.3) is 0 Å². The second-order valence-corrected chi connectivity index (χ2v) is 8.30. The summed E-state index contributed by atoms with van der Waals surface area (Å²) in [5, 5.41) is 17.8. The van der Waals surface area contributed by atoms with Crippen molar-refractivity contribution in [1.29, 1.82) is 0 Å². The van der Waals surface area contributed by atoms with Crippen molar-refractivity contribution in [2.75, 3.05) is 26.9 Å². The maximum absolute atomic E-state index is 10.5. The molecule has 4 heteroatoms. The van der Waals surface area contributed by atoms with E-state index in [0.29, 0.717) is 17.9 Å². The summed E-state index contributed by atoms with van der Waals surface area (Å²) in [6, 6.07) is 0.383. The average molecular weight is 351 g/mol. The van der Waals surface area contributed by atoms with Crippen LogP contribution in [0.15, 0.2) is 17.8 Å². The summed E-state index contributed by atoms with van der Waals surface area (Å²) < 4.78 is 5.38. The van der Waals surface area contributed by atoms with Gasteiger partial charge in [0.15, 0.2) is 0 Å². The standard InChI is InChI=1S/C21H38N2O2/c1-5-18(12-11-17(2)3)21(16-24)13-7-6-10-20(21)22-23-14-8-9-19(23)15-25-4/h5,17-19,24H,1,6-16H2,2-4H3/b22-20+/t18-,19-,21+/m0/s1. The lowest BCUT2D eigenvalue weighted by molar-refractivity contribution is 0.101. The summed E-state index contributed by atoms with van der Waals surface area (Å²) >= 11 is 0. The molecule has 0 aromatic heterocycles. The van der Waals surface area contributed by atoms with Crippen LogP contribution < -0.4 is 0 Å². The lowest BCUT2D eigenvalue weighted by Crippen LogP contribution is -2.45. The Bertz CT molecular complexity index is 449. The number of hydrazone groups is 1. The molecule has 2 aliphatic rings. The first-order valence-corrected chi connectivity index (χ1v) is 10.1. The molecule has 4 nitrogen and oxygen atoms in total. The zero-order valence-corrected chi connectivity index (χ0v) is 16.5. The minimum atomic E-state index is -0.213. The Morgan fingerprint density at radius 3 is 2.80 bits per heavy atom. The van der Waals surface area contributed by atoms with Gasteiger partial charge in [-0.15, -0.1) is 6.58 Å². The summed E-state index contributed by atoms with van der Waals surface area (Å²) in [6.07, 6.45) is 11.0. The predicted octanol–water partition coefficient (Wildman–Crippen LogP) is 4.24. The third kappa shape index (κ3) is 4.85. The summed E-state index contributed by atoms with van der Waals surface area (Å²) in [6.45, 7) is 10.6. The van der Waals surface area contributed by atoms with Crippen molar-refractivity contribution in [3.63, 3.8) is 0 Å². The van der Waals surface area contributed by atoms with Crippen molar-refractivity contribution in [3.8, 4) is 0 Å². The number of methoxy groups -OCH3 is 1. The number of aliphatic hydroxyl groups excluding tert-OH is 1. The molecular formula is C21H38N2O2. The minimum Gasteiger partial charge on any atom is -0.395 e. The lowest BCUT2D eigenvalue weighted by atomic mass is 9.63. The zero-order valence-electron chi connectivity index (χ0n) is 16.5. The van der Waals surface area contributed by atoms with Gasteiger partial charge in [0.2, 0.25) is 0 Å². The molecule has 144 valence electrons. The third-order valence-corrected chi connectivity index (χ3v) is 6.15. The van der Waals surface area contributed by atoms with E-state index in [1.54, 1.807) is 7.11 Å². The number of allylic oxidation sites excluding steroid dienone is 1. The fourth-order valence-corrected chi connectivity index (χ4v) is 4.56. The number of rotatable bonds is 9. The SMILES string of the molecule is C=C[C@@H](CCC(C)C)[C@]1(CO)CCCC/C1=N\N1CCC[C@H]1COC. The third-order valence-electron chi connectivity index (χ3n) is 6.15. The number of ether oxygens (including phenoxy) is 1. The Labute approximate surface area is 154 Å². The molecule has 1 aliphatic heterocycles. The normalized spacial score (nSPS) is 30.2. The van der Waals surface area contributed by atoms with Crippen LogP contribution in [-0.2, 0) is 4.74 Å². The van der Waals surface area contributed by atoms with Gasteiger partial charge in [0, 0.05) is 24.8 Å². The molecule has 0 radical (unpaired) electrons. The van der Waals surface area contributed by atoms with Gasteiger partial charge in [-0.1, -0.05) is 32.8 Å². The predicted molar refractivity (Wildman–Crippen MR) is 105 cm³/mol. The van der Waals surface area contributed by atoms with Gasteiger partial charge in [0.1, 0.15) is 0 Å². The number of nitrogens with zero attached hydrogens (tertiary/aromatic N) is 2. The summed E-state index contributed by atoms with van der Waals surface area (Å²) in [7, 11) is 1.77. The van der Waals surface area contributed by atoms with Crippen LogP contribution in [0.2, 0.25) is 0 Å². The fourth-order valence-electron chi connectivity index (χ4n) is 4.56. The van der Waals surface area contributed by atoms with Crippen molar-refractivity contribution < 1.29 is 9.84 Å². The van der Waals surface area contributed by atoms with Crippen LogP contribution >= 0.6 is 0 Å². The van der Waals surface area contributed by atoms with E-state index in [1.807, 2.05) is 0 Å². The van der Waals surface area contributed by atoms with E-state index in [1.165, 1.54) is 31.4 Å². The van der Waals surface area contributed by atoms with Crippen LogP contribution in [0.4, 0.5) is 0 Å². The number of hydrogen-bond acceptors (Lipinski definition) is 4. The Balaban J connectivity index is 2.25. The Kier molecular flexibility index (Phi) is 7.95. The maximum Gasteiger partial charge on any atom is 0.0704 e. The van der Waals surface area contributed by atoms with E-state index in [9.17, 15) is 5.11 Å². The van der Waals surface area contributed by atoms with Gasteiger partial charge in [-0.2, -0.15) is 5.10 Å². The second-order valence-electron chi connectivity index (χ2n) is 8.30. The van der Waals surface area contributed by atoms with Gasteiger partial charge in [-0.3, -0.25) is 5.01 Å². The van der Waals surface area contributed by atoms with Crippen molar-refractivity contribution in [2.24, 2.45) is 22.4 Å². The van der Waals surface area contributed by atoms with Gasteiger partial charge in [0.05, 0.1) is 19.3 Å². The highest BCUT2D eigenvalue weighted by Crippen LogP contribution is 2.44. The molecule has 0 bridgehead atoms. The van der Waals surface area contributed by atoms with Gasteiger partial charge in [0.25, 0.3) is 0 Å². The molecule has 0 spiro atoms. The lowest BCUT2D eigenvalue weighted by Gasteiger charge is -2.43. The van der Waals surface area contributed by atoms with E-state index < -0.39 is 0 Å². The van der Waals surface area contributed by atoms with Crippen LogP contribution in [-0.4, -0.2) is 48.7 Å². The van der Waals surface area contributed by atoms with E-state index in [0.717, 1.165) is 38.8 Å². The van der Waals surface area contributed by atoms with Crippen molar-refractivity contribution in [3.05, 3.63) is 12.7 Å². The van der Waals surface area contributed by atoms with Crippen molar-refractivity contribution >= 4 is 5.71 Å². The highest BCUT2D eigenvalue weighted by molar-refractivity contribution is 5.91. The van der Waals surface area contributed by atoms with Gasteiger partial charge in [-0.25, -0.2) is 0 Å². The molecule has 0 aromatic rings. The first-order valence-electron chi connectivity index (χ1n) is 10.1. The second kappa shape index (κ2) is 9.72. The van der Waals surface area contributed by atoms with Crippen molar-refractivity contribution in [2.45, 2.75) is 71.3 Å². The smallest absolute Gasteiger partial charge is 0.0704 e. The molecule has 2 rings (SSSR count).